The van der Waals surface area contributed by atoms with Crippen molar-refractivity contribution in [1.82, 2.24) is 9.88 Å². The van der Waals surface area contributed by atoms with Gasteiger partial charge in [0.2, 0.25) is 0 Å². The summed E-state index contributed by atoms with van der Waals surface area (Å²) >= 11 is 0. The van der Waals surface area contributed by atoms with Gasteiger partial charge in [-0.25, -0.2) is 0 Å². The van der Waals surface area contributed by atoms with E-state index >= 15 is 0 Å². The average Bonchev–Trinajstić information content (AvgIpc) is 2.56. The lowest BCUT2D eigenvalue weighted by Crippen LogP contribution is -2.52. The van der Waals surface area contributed by atoms with E-state index in [-0.39, 0.29) is 0 Å². The van der Waals surface area contributed by atoms with E-state index in [1.807, 2.05) is 18.5 Å². The Bertz CT molecular complexity index is 440. The van der Waals surface area contributed by atoms with Gasteiger partial charge >= 0.3 is 0 Å². The summed E-state index contributed by atoms with van der Waals surface area (Å²) in [6.45, 7) is 11.2. The van der Waals surface area contributed by atoms with E-state index in [1.165, 1.54) is 38.0 Å². The molecule has 1 saturated carbocycles. The quantitative estimate of drug-likeness (QED) is 0.826. The molecule has 2 heterocycles. The number of pyridine rings is 1. The number of hydrogen-bond acceptors (Lipinski definition) is 2. The topological polar surface area (TPSA) is 16.1 Å². The third kappa shape index (κ3) is 2.20. The van der Waals surface area contributed by atoms with Crippen LogP contribution in [-0.4, -0.2) is 29.5 Å². The molecule has 1 aromatic heterocycles. The number of nitrogens with zero attached hydrogens (tertiary/aromatic N) is 2. The van der Waals surface area contributed by atoms with Crippen LogP contribution in [0.2, 0.25) is 0 Å². The van der Waals surface area contributed by atoms with Crippen molar-refractivity contribution in [3.8, 4) is 0 Å². The van der Waals surface area contributed by atoms with Gasteiger partial charge in [0.25, 0.3) is 0 Å². The van der Waals surface area contributed by atoms with Gasteiger partial charge in [-0.3, -0.25) is 4.98 Å². The van der Waals surface area contributed by atoms with Gasteiger partial charge < -0.3 is 4.90 Å². The van der Waals surface area contributed by atoms with Gasteiger partial charge in [-0.05, 0) is 47.6 Å². The van der Waals surface area contributed by atoms with E-state index in [1.54, 1.807) is 0 Å². The molecule has 0 amide bonds. The van der Waals surface area contributed by atoms with E-state index in [0.717, 1.165) is 12.3 Å². The third-order valence-corrected chi connectivity index (χ3v) is 6.11. The number of piperidine rings is 1. The summed E-state index contributed by atoms with van der Waals surface area (Å²) < 4.78 is 0. The first-order valence-corrected chi connectivity index (χ1v) is 7.62. The van der Waals surface area contributed by atoms with Crippen LogP contribution in [0, 0.1) is 16.7 Å². The number of fused-ring (bicyclic) bond motifs is 2. The Morgan fingerprint density at radius 2 is 2.21 bits per heavy atom. The molecule has 2 heteroatoms. The summed E-state index contributed by atoms with van der Waals surface area (Å²) in [7, 11) is 0. The molecule has 1 unspecified atom stereocenters. The highest BCUT2D eigenvalue weighted by atomic mass is 15.2. The molecule has 3 rings (SSSR count). The fraction of sp³-hybridized carbons (Fsp3) is 0.706. The van der Waals surface area contributed by atoms with Crippen molar-refractivity contribution in [3.63, 3.8) is 0 Å². The molecule has 0 N–H and O–H groups in total. The van der Waals surface area contributed by atoms with Crippen molar-refractivity contribution < 1.29 is 0 Å². The number of likely N-dealkylation sites (tertiary alicyclic amines) is 1. The normalized spacial score (nSPS) is 33.5. The van der Waals surface area contributed by atoms with Gasteiger partial charge in [0.15, 0.2) is 0 Å². The lowest BCUT2D eigenvalue weighted by Gasteiger charge is -2.50. The minimum absolute atomic E-state index is 0.519. The van der Waals surface area contributed by atoms with Gasteiger partial charge in [0.1, 0.15) is 0 Å². The van der Waals surface area contributed by atoms with Crippen LogP contribution in [0.15, 0.2) is 24.5 Å². The SMILES string of the molecule is CC1(C)C2CC[C@]1(C)CN(CCc1cccnc1)C2. The number of rotatable bonds is 3. The summed E-state index contributed by atoms with van der Waals surface area (Å²) in [6, 6.07) is 4.23. The van der Waals surface area contributed by atoms with Gasteiger partial charge in [-0.15, -0.1) is 0 Å². The lowest BCUT2D eigenvalue weighted by molar-refractivity contribution is -0.0169. The molecule has 2 atom stereocenters. The zero-order valence-electron chi connectivity index (χ0n) is 12.5. The average molecular weight is 258 g/mol. The van der Waals surface area contributed by atoms with Crippen LogP contribution in [-0.2, 0) is 6.42 Å². The second-order valence-electron chi connectivity index (χ2n) is 7.36. The van der Waals surface area contributed by atoms with E-state index in [0.29, 0.717) is 10.8 Å². The Balaban J connectivity index is 1.63. The molecule has 0 spiro atoms. The summed E-state index contributed by atoms with van der Waals surface area (Å²) in [5.41, 5.74) is 2.41. The second kappa shape index (κ2) is 4.59. The van der Waals surface area contributed by atoms with Crippen molar-refractivity contribution in [2.45, 2.75) is 40.0 Å². The fourth-order valence-corrected chi connectivity index (χ4v) is 4.14. The van der Waals surface area contributed by atoms with Gasteiger partial charge in [0.05, 0.1) is 0 Å². The van der Waals surface area contributed by atoms with Crippen LogP contribution in [0.1, 0.15) is 39.2 Å². The van der Waals surface area contributed by atoms with Gasteiger partial charge in [-0.1, -0.05) is 26.8 Å². The molecular weight excluding hydrogens is 232 g/mol. The van der Waals surface area contributed by atoms with Crippen LogP contribution < -0.4 is 0 Å². The van der Waals surface area contributed by atoms with Gasteiger partial charge in [0, 0.05) is 32.0 Å². The molecule has 2 fully saturated rings. The molecule has 1 aliphatic carbocycles. The largest absolute Gasteiger partial charge is 0.302 e. The predicted octanol–water partition coefficient (Wildman–Crippen LogP) is 3.38. The third-order valence-electron chi connectivity index (χ3n) is 6.11. The van der Waals surface area contributed by atoms with Crippen molar-refractivity contribution in [1.29, 1.82) is 0 Å². The summed E-state index contributed by atoms with van der Waals surface area (Å²) in [5.74, 6) is 0.889. The molecule has 1 aromatic rings. The number of aromatic nitrogens is 1. The van der Waals surface area contributed by atoms with E-state index in [9.17, 15) is 0 Å². The predicted molar refractivity (Wildman–Crippen MR) is 79.0 cm³/mol. The molecular formula is C17H26N2. The highest BCUT2D eigenvalue weighted by Gasteiger charge is 2.55. The maximum absolute atomic E-state index is 4.21. The minimum Gasteiger partial charge on any atom is -0.302 e. The van der Waals surface area contributed by atoms with E-state index in [4.69, 9.17) is 0 Å². The van der Waals surface area contributed by atoms with Crippen molar-refractivity contribution in [3.05, 3.63) is 30.1 Å². The zero-order valence-corrected chi connectivity index (χ0v) is 12.5. The van der Waals surface area contributed by atoms with Crippen molar-refractivity contribution in [2.75, 3.05) is 19.6 Å². The summed E-state index contributed by atoms with van der Waals surface area (Å²) in [4.78, 5) is 6.90. The van der Waals surface area contributed by atoms with Crippen LogP contribution in [0.5, 0.6) is 0 Å². The molecule has 0 radical (unpaired) electrons. The first-order chi connectivity index (χ1) is 9.01. The Kier molecular flexibility index (Phi) is 3.17. The minimum atomic E-state index is 0.519. The maximum Gasteiger partial charge on any atom is 0.0300 e. The van der Waals surface area contributed by atoms with E-state index < -0.39 is 0 Å². The van der Waals surface area contributed by atoms with Crippen molar-refractivity contribution >= 4 is 0 Å². The number of hydrogen-bond donors (Lipinski definition) is 0. The molecule has 104 valence electrons. The van der Waals surface area contributed by atoms with Crippen LogP contribution in [0.4, 0.5) is 0 Å². The molecule has 2 aliphatic rings. The molecule has 2 nitrogen and oxygen atoms in total. The van der Waals surface area contributed by atoms with Crippen LogP contribution >= 0.6 is 0 Å². The standard InChI is InChI=1S/C17H26N2/c1-16(2)15-6-8-17(16,3)13-19(12-15)10-7-14-5-4-9-18-11-14/h4-5,9,11,15H,6-8,10,12-13H2,1-3H3/t15?,17-/m1/s1. The summed E-state index contributed by atoms with van der Waals surface area (Å²) in [6.07, 6.45) is 7.83. The molecule has 1 aliphatic heterocycles. The monoisotopic (exact) mass is 258 g/mol. The first kappa shape index (κ1) is 13.1. The Morgan fingerprint density at radius 3 is 2.89 bits per heavy atom. The van der Waals surface area contributed by atoms with Crippen molar-refractivity contribution in [2.24, 2.45) is 16.7 Å². The maximum atomic E-state index is 4.21. The molecule has 19 heavy (non-hydrogen) atoms. The van der Waals surface area contributed by atoms with Gasteiger partial charge in [-0.2, -0.15) is 0 Å². The molecule has 1 saturated heterocycles. The second-order valence-corrected chi connectivity index (χ2v) is 7.36. The fourth-order valence-electron chi connectivity index (χ4n) is 4.14. The zero-order chi connectivity index (χ0) is 13.5. The Hall–Kier alpha value is -0.890. The van der Waals surface area contributed by atoms with Crippen LogP contribution in [0.25, 0.3) is 0 Å². The molecule has 2 bridgehead atoms. The summed E-state index contributed by atoms with van der Waals surface area (Å²) in [5, 5.41) is 0. The lowest BCUT2D eigenvalue weighted by atomic mass is 9.63. The highest BCUT2D eigenvalue weighted by Crippen LogP contribution is 2.58. The Morgan fingerprint density at radius 1 is 1.37 bits per heavy atom. The molecule has 0 aromatic carbocycles. The van der Waals surface area contributed by atoms with Crippen LogP contribution in [0.3, 0.4) is 0 Å². The first-order valence-electron chi connectivity index (χ1n) is 7.62. The smallest absolute Gasteiger partial charge is 0.0300 e. The van der Waals surface area contributed by atoms with E-state index in [2.05, 4.69) is 36.7 Å². The Labute approximate surface area is 117 Å². The highest BCUT2D eigenvalue weighted by molar-refractivity contribution is 5.10.